The summed E-state index contributed by atoms with van der Waals surface area (Å²) in [5, 5.41) is 9.76. The Labute approximate surface area is 150 Å². The third kappa shape index (κ3) is 3.96. The molecule has 0 bridgehead atoms. The molecule has 0 saturated carbocycles. The van der Waals surface area contributed by atoms with Gasteiger partial charge in [-0.25, -0.2) is 0 Å². The lowest BCUT2D eigenvalue weighted by Crippen LogP contribution is -2.37. The van der Waals surface area contributed by atoms with Crippen LogP contribution in [0.15, 0.2) is 33.9 Å². The van der Waals surface area contributed by atoms with Gasteiger partial charge in [0.25, 0.3) is 0 Å². The van der Waals surface area contributed by atoms with E-state index in [1.165, 1.54) is 0 Å². The monoisotopic (exact) mass is 395 g/mol. The van der Waals surface area contributed by atoms with Crippen molar-refractivity contribution in [2.75, 3.05) is 32.1 Å². The Morgan fingerprint density at radius 3 is 2.61 bits per heavy atom. The Kier molecular flexibility index (Phi) is 5.74. The van der Waals surface area contributed by atoms with Crippen molar-refractivity contribution in [3.05, 3.63) is 28.7 Å². The van der Waals surface area contributed by atoms with E-state index in [-0.39, 0.29) is 0 Å². The molecule has 1 aliphatic rings. The smallest absolute Gasteiger partial charge is 0.193 e. The fourth-order valence-corrected chi connectivity index (χ4v) is 3.85. The van der Waals surface area contributed by atoms with Gasteiger partial charge in [-0.15, -0.1) is 10.2 Å². The molecule has 7 heteroatoms. The van der Waals surface area contributed by atoms with Gasteiger partial charge in [-0.2, -0.15) is 0 Å². The summed E-state index contributed by atoms with van der Waals surface area (Å²) in [6.45, 7) is 9.71. The zero-order valence-corrected chi connectivity index (χ0v) is 16.0. The number of likely N-dealkylation sites (N-methyl/N-ethyl adjacent to an activating group) is 1. The first-order valence-electron chi connectivity index (χ1n) is 7.98. The van der Waals surface area contributed by atoms with Crippen LogP contribution in [0.1, 0.15) is 13.8 Å². The van der Waals surface area contributed by atoms with Gasteiger partial charge < -0.3 is 4.90 Å². The van der Waals surface area contributed by atoms with E-state index >= 15 is 0 Å². The topological polar surface area (TPSA) is 37.2 Å². The van der Waals surface area contributed by atoms with Crippen molar-refractivity contribution in [1.29, 1.82) is 0 Å². The van der Waals surface area contributed by atoms with Crippen molar-refractivity contribution in [3.63, 3.8) is 0 Å². The zero-order valence-electron chi connectivity index (χ0n) is 13.6. The van der Waals surface area contributed by atoms with E-state index in [4.69, 9.17) is 0 Å². The Balaban J connectivity index is 1.72. The summed E-state index contributed by atoms with van der Waals surface area (Å²) in [7, 11) is 0. The highest BCUT2D eigenvalue weighted by molar-refractivity contribution is 9.10. The lowest BCUT2D eigenvalue weighted by Gasteiger charge is -2.29. The first-order chi connectivity index (χ1) is 11.2. The highest BCUT2D eigenvalue weighted by Gasteiger charge is 2.22. The number of aromatic nitrogens is 3. The molecule has 124 valence electrons. The van der Waals surface area contributed by atoms with Crippen LogP contribution in [0.2, 0.25) is 0 Å². The van der Waals surface area contributed by atoms with E-state index < -0.39 is 0 Å². The highest BCUT2D eigenvalue weighted by atomic mass is 79.9. The molecule has 0 radical (unpaired) electrons. The van der Waals surface area contributed by atoms with Crippen molar-refractivity contribution >= 4 is 27.7 Å². The second-order valence-electron chi connectivity index (χ2n) is 5.58. The normalized spacial score (nSPS) is 15.1. The summed E-state index contributed by atoms with van der Waals surface area (Å²) in [5.74, 6) is 1.94. The number of hydrogen-bond acceptors (Lipinski definition) is 5. The van der Waals surface area contributed by atoms with Crippen LogP contribution in [0.3, 0.4) is 0 Å². The summed E-state index contributed by atoms with van der Waals surface area (Å²) in [6.07, 6.45) is 0. The number of thioether (sulfide) groups is 1. The van der Waals surface area contributed by atoms with Crippen molar-refractivity contribution in [3.8, 4) is 11.4 Å². The molecule has 0 amide bonds. The minimum atomic E-state index is 0.863. The van der Waals surface area contributed by atoms with Crippen LogP contribution < -0.4 is 0 Å². The third-order valence-electron chi connectivity index (χ3n) is 4.16. The summed E-state index contributed by atoms with van der Waals surface area (Å²) >= 11 is 5.25. The van der Waals surface area contributed by atoms with Crippen molar-refractivity contribution in [1.82, 2.24) is 24.6 Å². The number of hydrogen-bond donors (Lipinski definition) is 0. The van der Waals surface area contributed by atoms with Gasteiger partial charge in [0.05, 0.1) is 12.5 Å². The van der Waals surface area contributed by atoms with E-state index in [0.29, 0.717) is 0 Å². The molecule has 0 atom stereocenters. The Hall–Kier alpha value is -0.890. The van der Waals surface area contributed by atoms with Gasteiger partial charge in [0.1, 0.15) is 0 Å². The summed E-state index contributed by atoms with van der Waals surface area (Å²) in [4.78, 5) is 4.92. The van der Waals surface area contributed by atoms with Crippen molar-refractivity contribution in [2.45, 2.75) is 25.7 Å². The van der Waals surface area contributed by atoms with Gasteiger partial charge in [0, 0.05) is 23.1 Å². The average molecular weight is 396 g/mol. The Morgan fingerprint density at radius 1 is 1.17 bits per heavy atom. The number of nitrogens with zero attached hydrogens (tertiary/aromatic N) is 5. The van der Waals surface area contributed by atoms with Crippen LogP contribution in [-0.2, 0) is 6.67 Å². The summed E-state index contributed by atoms with van der Waals surface area (Å²) < 4.78 is 3.30. The molecule has 1 aliphatic heterocycles. The number of rotatable bonds is 6. The third-order valence-corrected chi connectivity index (χ3v) is 5.75. The van der Waals surface area contributed by atoms with Crippen LogP contribution in [0.5, 0.6) is 0 Å². The van der Waals surface area contributed by atoms with E-state index in [1.807, 2.05) is 12.1 Å². The molecule has 0 spiro atoms. The predicted molar refractivity (Wildman–Crippen MR) is 98.4 cm³/mol. The number of fused-ring (bicyclic) bond motifs is 1. The SMILES string of the molecule is CCN(CC)CCN1CSc2nnc(-c3ccc(Br)cc3)n2C1. The molecule has 0 N–H and O–H groups in total. The number of halogens is 1. The molecule has 23 heavy (non-hydrogen) atoms. The van der Waals surface area contributed by atoms with Crippen LogP contribution in [0.4, 0.5) is 0 Å². The van der Waals surface area contributed by atoms with Gasteiger partial charge in [-0.05, 0) is 25.2 Å². The lowest BCUT2D eigenvalue weighted by atomic mass is 10.2. The molecule has 1 aromatic heterocycles. The molecule has 1 aromatic carbocycles. The molecular formula is C16H22BrN5S. The fraction of sp³-hybridized carbons (Fsp3) is 0.500. The minimum absolute atomic E-state index is 0.863. The maximum atomic E-state index is 4.40. The number of benzene rings is 1. The van der Waals surface area contributed by atoms with Gasteiger partial charge in [-0.1, -0.05) is 53.7 Å². The quantitative estimate of drug-likeness (QED) is 0.749. The maximum absolute atomic E-state index is 4.40. The molecule has 2 aromatic rings. The first-order valence-corrected chi connectivity index (χ1v) is 9.75. The second-order valence-corrected chi connectivity index (χ2v) is 7.40. The van der Waals surface area contributed by atoms with Crippen LogP contribution in [-0.4, -0.2) is 56.6 Å². The molecule has 0 aliphatic carbocycles. The van der Waals surface area contributed by atoms with Crippen molar-refractivity contribution < 1.29 is 0 Å². The fourth-order valence-electron chi connectivity index (χ4n) is 2.68. The molecule has 0 fully saturated rings. The zero-order chi connectivity index (χ0) is 16.2. The van der Waals surface area contributed by atoms with E-state index in [2.05, 4.69) is 66.5 Å². The first kappa shape index (κ1) is 17.0. The Morgan fingerprint density at radius 2 is 1.91 bits per heavy atom. The molecule has 0 unspecified atom stereocenters. The van der Waals surface area contributed by atoms with E-state index in [1.54, 1.807) is 11.8 Å². The van der Waals surface area contributed by atoms with Gasteiger partial charge in [0.2, 0.25) is 0 Å². The predicted octanol–water partition coefficient (Wildman–Crippen LogP) is 3.37. The van der Waals surface area contributed by atoms with E-state index in [9.17, 15) is 0 Å². The van der Waals surface area contributed by atoms with Gasteiger partial charge in [0.15, 0.2) is 11.0 Å². The maximum Gasteiger partial charge on any atom is 0.193 e. The minimum Gasteiger partial charge on any atom is -0.303 e. The largest absolute Gasteiger partial charge is 0.303 e. The lowest BCUT2D eigenvalue weighted by molar-refractivity contribution is 0.195. The second kappa shape index (κ2) is 7.79. The van der Waals surface area contributed by atoms with Gasteiger partial charge >= 0.3 is 0 Å². The summed E-state index contributed by atoms with van der Waals surface area (Å²) in [5.41, 5.74) is 1.11. The molecule has 0 saturated heterocycles. The van der Waals surface area contributed by atoms with Crippen LogP contribution >= 0.6 is 27.7 Å². The highest BCUT2D eigenvalue weighted by Crippen LogP contribution is 2.29. The molecule has 2 heterocycles. The standard InChI is InChI=1S/C16H22BrN5S/c1-3-20(4-2)9-10-21-11-22-15(18-19-16(22)23-12-21)13-5-7-14(17)8-6-13/h5-8H,3-4,9-12H2,1-2H3. The summed E-state index contributed by atoms with van der Waals surface area (Å²) in [6, 6.07) is 8.26. The van der Waals surface area contributed by atoms with Crippen LogP contribution in [0, 0.1) is 0 Å². The van der Waals surface area contributed by atoms with Crippen molar-refractivity contribution in [2.24, 2.45) is 0 Å². The van der Waals surface area contributed by atoms with Gasteiger partial charge in [-0.3, -0.25) is 9.47 Å². The average Bonchev–Trinajstić information content (AvgIpc) is 3.00. The molecule has 5 nitrogen and oxygen atoms in total. The molecule has 3 rings (SSSR count). The van der Waals surface area contributed by atoms with Crippen LogP contribution in [0.25, 0.3) is 11.4 Å². The Bertz CT molecular complexity index is 638. The van der Waals surface area contributed by atoms with E-state index in [0.717, 1.165) is 59.7 Å². The molecular weight excluding hydrogens is 374 g/mol.